The van der Waals surface area contributed by atoms with Gasteiger partial charge in [-0.15, -0.1) is 0 Å². The molecular weight excluding hydrogens is 272 g/mol. The first-order chi connectivity index (χ1) is 9.75. The Balaban J connectivity index is 1.88. The van der Waals surface area contributed by atoms with Crippen molar-refractivity contribution < 1.29 is 13.6 Å². The van der Waals surface area contributed by atoms with Crippen LogP contribution in [0.15, 0.2) is 18.2 Å². The van der Waals surface area contributed by atoms with Crippen LogP contribution < -0.4 is 0 Å². The lowest BCUT2D eigenvalue weighted by molar-refractivity contribution is 0.0966. The number of carbonyl (C=O) groups excluding carboxylic acids is 1. The lowest BCUT2D eigenvalue weighted by Crippen LogP contribution is -2.27. The third-order valence-electron chi connectivity index (χ3n) is 4.34. The predicted molar refractivity (Wildman–Crippen MR) is 79.3 cm³/mol. The second-order valence-corrected chi connectivity index (χ2v) is 6.98. The molecule has 1 aromatic rings. The lowest BCUT2D eigenvalue weighted by atomic mass is 9.80. The molecule has 2 rings (SSSR count). The van der Waals surface area contributed by atoms with Gasteiger partial charge < -0.3 is 4.90 Å². The van der Waals surface area contributed by atoms with Gasteiger partial charge in [0.15, 0.2) is 5.78 Å². The van der Waals surface area contributed by atoms with Gasteiger partial charge in [0.1, 0.15) is 11.6 Å². The first kappa shape index (κ1) is 16.1. The number of benzene rings is 1. The molecule has 0 amide bonds. The average molecular weight is 295 g/mol. The van der Waals surface area contributed by atoms with Crippen LogP contribution >= 0.6 is 0 Å². The number of likely N-dealkylation sites (tertiary alicyclic amines) is 1. The summed E-state index contributed by atoms with van der Waals surface area (Å²) in [4.78, 5) is 14.3. The first-order valence-electron chi connectivity index (χ1n) is 7.47. The molecule has 1 fully saturated rings. The van der Waals surface area contributed by atoms with Crippen molar-refractivity contribution >= 4 is 5.78 Å². The van der Waals surface area contributed by atoms with E-state index in [1.54, 1.807) is 0 Å². The van der Waals surface area contributed by atoms with Crippen LogP contribution in [-0.2, 0) is 0 Å². The Hall–Kier alpha value is -1.29. The Morgan fingerprint density at radius 1 is 1.24 bits per heavy atom. The number of rotatable bonds is 4. The molecule has 0 saturated carbocycles. The van der Waals surface area contributed by atoms with Crippen molar-refractivity contribution in [2.75, 3.05) is 19.6 Å². The van der Waals surface area contributed by atoms with Gasteiger partial charge in [-0.1, -0.05) is 20.8 Å². The monoisotopic (exact) mass is 295 g/mol. The molecule has 1 aliphatic heterocycles. The molecule has 0 aromatic heterocycles. The van der Waals surface area contributed by atoms with Gasteiger partial charge in [-0.3, -0.25) is 4.79 Å². The molecule has 0 bridgehead atoms. The summed E-state index contributed by atoms with van der Waals surface area (Å²) in [6, 6.07) is 2.99. The van der Waals surface area contributed by atoms with Gasteiger partial charge in [0.25, 0.3) is 0 Å². The minimum atomic E-state index is -0.702. The van der Waals surface area contributed by atoms with E-state index in [4.69, 9.17) is 0 Å². The fraction of sp³-hybridized carbons (Fsp3) is 0.588. The van der Waals surface area contributed by atoms with Gasteiger partial charge >= 0.3 is 0 Å². The third-order valence-corrected chi connectivity index (χ3v) is 4.34. The highest BCUT2D eigenvalue weighted by molar-refractivity contribution is 5.96. The standard InChI is InChI=1S/C17H23F2NO/c1-17(2,3)13-4-6-20(11-13)7-5-16(21)12-8-14(18)10-15(19)9-12/h8-10,13H,4-7,11H2,1-3H3. The Kier molecular flexibility index (Phi) is 4.77. The van der Waals surface area contributed by atoms with Gasteiger partial charge in [0.05, 0.1) is 0 Å². The lowest BCUT2D eigenvalue weighted by Gasteiger charge is -2.27. The van der Waals surface area contributed by atoms with E-state index in [0.717, 1.165) is 37.7 Å². The zero-order valence-electron chi connectivity index (χ0n) is 13.0. The van der Waals surface area contributed by atoms with Gasteiger partial charge in [-0.25, -0.2) is 8.78 Å². The Bertz CT molecular complexity index is 502. The van der Waals surface area contributed by atoms with Crippen LogP contribution in [0.5, 0.6) is 0 Å². The van der Waals surface area contributed by atoms with E-state index in [0.29, 0.717) is 18.9 Å². The summed E-state index contributed by atoms with van der Waals surface area (Å²) in [5.74, 6) is -0.966. The molecule has 1 saturated heterocycles. The minimum Gasteiger partial charge on any atom is -0.303 e. The Morgan fingerprint density at radius 2 is 1.86 bits per heavy atom. The molecule has 1 aliphatic rings. The highest BCUT2D eigenvalue weighted by Gasteiger charge is 2.31. The smallest absolute Gasteiger partial charge is 0.164 e. The zero-order valence-corrected chi connectivity index (χ0v) is 13.0. The van der Waals surface area contributed by atoms with Crippen LogP contribution in [0.2, 0.25) is 0 Å². The van der Waals surface area contributed by atoms with Crippen LogP contribution in [0.3, 0.4) is 0 Å². The third kappa shape index (κ3) is 4.34. The van der Waals surface area contributed by atoms with Crippen LogP contribution in [0.1, 0.15) is 44.0 Å². The van der Waals surface area contributed by atoms with Crippen molar-refractivity contribution in [3.63, 3.8) is 0 Å². The zero-order chi connectivity index (χ0) is 15.6. The van der Waals surface area contributed by atoms with Gasteiger partial charge in [-0.2, -0.15) is 0 Å². The summed E-state index contributed by atoms with van der Waals surface area (Å²) in [5, 5.41) is 0. The summed E-state index contributed by atoms with van der Waals surface area (Å²) >= 11 is 0. The number of hydrogen-bond donors (Lipinski definition) is 0. The van der Waals surface area contributed by atoms with Crippen LogP contribution in [-0.4, -0.2) is 30.3 Å². The summed E-state index contributed by atoms with van der Waals surface area (Å²) in [6.45, 7) is 9.36. The number of hydrogen-bond acceptors (Lipinski definition) is 2. The van der Waals surface area contributed by atoms with E-state index in [2.05, 4.69) is 25.7 Å². The highest BCUT2D eigenvalue weighted by Crippen LogP contribution is 2.33. The topological polar surface area (TPSA) is 20.3 Å². The SMILES string of the molecule is CC(C)(C)C1CCN(CCC(=O)c2cc(F)cc(F)c2)C1. The van der Waals surface area contributed by atoms with Crippen LogP contribution in [0.25, 0.3) is 0 Å². The summed E-state index contributed by atoms with van der Waals surface area (Å²) in [6.07, 6.45) is 1.45. The number of ketones is 1. The van der Waals surface area contributed by atoms with Gasteiger partial charge in [0, 0.05) is 31.1 Å². The molecule has 21 heavy (non-hydrogen) atoms. The summed E-state index contributed by atoms with van der Waals surface area (Å²) in [5.41, 5.74) is 0.406. The molecule has 1 heterocycles. The quantitative estimate of drug-likeness (QED) is 0.785. The Labute approximate surface area is 125 Å². The Morgan fingerprint density at radius 3 is 2.38 bits per heavy atom. The summed E-state index contributed by atoms with van der Waals surface area (Å²) < 4.78 is 26.2. The summed E-state index contributed by atoms with van der Waals surface area (Å²) in [7, 11) is 0. The minimum absolute atomic E-state index is 0.124. The van der Waals surface area contributed by atoms with E-state index < -0.39 is 11.6 Å². The number of nitrogens with zero attached hydrogens (tertiary/aromatic N) is 1. The van der Waals surface area contributed by atoms with Crippen LogP contribution in [0.4, 0.5) is 8.78 Å². The molecule has 4 heteroatoms. The predicted octanol–water partition coefficient (Wildman–Crippen LogP) is 3.91. The first-order valence-corrected chi connectivity index (χ1v) is 7.47. The van der Waals surface area contributed by atoms with E-state index >= 15 is 0 Å². The molecular formula is C17H23F2NO. The molecule has 0 aliphatic carbocycles. The van der Waals surface area contributed by atoms with E-state index in [1.807, 2.05) is 0 Å². The normalized spacial score (nSPS) is 20.0. The number of halogens is 2. The molecule has 1 atom stereocenters. The number of carbonyl (C=O) groups is 1. The van der Waals surface area contributed by atoms with E-state index in [9.17, 15) is 13.6 Å². The average Bonchev–Trinajstić information content (AvgIpc) is 2.83. The van der Waals surface area contributed by atoms with Crippen molar-refractivity contribution in [2.45, 2.75) is 33.6 Å². The van der Waals surface area contributed by atoms with Crippen molar-refractivity contribution in [3.8, 4) is 0 Å². The fourth-order valence-electron chi connectivity index (χ4n) is 2.86. The molecule has 1 unspecified atom stereocenters. The fourth-order valence-corrected chi connectivity index (χ4v) is 2.86. The van der Waals surface area contributed by atoms with Gasteiger partial charge in [-0.05, 0) is 36.4 Å². The molecule has 0 spiro atoms. The maximum absolute atomic E-state index is 13.1. The second-order valence-electron chi connectivity index (χ2n) is 6.98. The molecule has 116 valence electrons. The van der Waals surface area contributed by atoms with Crippen molar-refractivity contribution in [1.29, 1.82) is 0 Å². The molecule has 1 aromatic carbocycles. The molecule has 2 nitrogen and oxygen atoms in total. The maximum atomic E-state index is 13.1. The van der Waals surface area contributed by atoms with Crippen molar-refractivity contribution in [2.24, 2.45) is 11.3 Å². The van der Waals surface area contributed by atoms with Crippen LogP contribution in [0, 0.1) is 23.0 Å². The molecule has 0 radical (unpaired) electrons. The van der Waals surface area contributed by atoms with Gasteiger partial charge in [0.2, 0.25) is 0 Å². The molecule has 0 N–H and O–H groups in total. The largest absolute Gasteiger partial charge is 0.303 e. The second kappa shape index (κ2) is 6.22. The van der Waals surface area contributed by atoms with E-state index in [1.165, 1.54) is 0 Å². The number of Topliss-reactive ketones (excluding diaryl/α,β-unsaturated/α-hetero) is 1. The van der Waals surface area contributed by atoms with Crippen molar-refractivity contribution in [3.05, 3.63) is 35.4 Å². The van der Waals surface area contributed by atoms with Crippen molar-refractivity contribution in [1.82, 2.24) is 4.90 Å². The maximum Gasteiger partial charge on any atom is 0.164 e. The van der Waals surface area contributed by atoms with E-state index in [-0.39, 0.29) is 16.8 Å². The highest BCUT2D eigenvalue weighted by atomic mass is 19.1.